The van der Waals surface area contributed by atoms with Gasteiger partial charge in [0.05, 0.1) is 29.0 Å². The van der Waals surface area contributed by atoms with Gasteiger partial charge in [-0.2, -0.15) is 0 Å². The summed E-state index contributed by atoms with van der Waals surface area (Å²) in [5, 5.41) is 15.6. The maximum absolute atomic E-state index is 13.4. The topological polar surface area (TPSA) is 96.7 Å². The summed E-state index contributed by atoms with van der Waals surface area (Å²) in [4.78, 5) is 32.8. The van der Waals surface area contributed by atoms with E-state index in [1.807, 2.05) is 32.3 Å². The third-order valence-electron chi connectivity index (χ3n) is 6.75. The van der Waals surface area contributed by atoms with Gasteiger partial charge >= 0.3 is 5.97 Å². The number of esters is 1. The monoisotopic (exact) mass is 448 g/mol. The van der Waals surface area contributed by atoms with Gasteiger partial charge in [-0.1, -0.05) is 25.1 Å². The molecule has 8 heteroatoms. The Morgan fingerprint density at radius 2 is 2.03 bits per heavy atom. The molecule has 0 radical (unpaired) electrons. The van der Waals surface area contributed by atoms with Crippen molar-refractivity contribution in [2.24, 2.45) is 0 Å². The number of hydrogen-bond donors (Lipinski definition) is 2. The Labute approximate surface area is 191 Å². The number of hydrogen-bond acceptors (Lipinski definition) is 7. The number of carbonyl (C=O) groups is 1. The van der Waals surface area contributed by atoms with Gasteiger partial charge in [-0.15, -0.1) is 0 Å². The standard InChI is InChI=1S/C25H28N4O4/c1-4-25(32)19-11-21-22-17(13-29(21)23(30)18(19)14-33-24(25)31)16(12-26-9-10-28(2)3)15-7-5-6-8-20(15)27-22/h5-8,11,26,32H,4,9-10,12-14H2,1-3H3/t25-/m0/s1. The zero-order valence-electron chi connectivity index (χ0n) is 19.1. The Morgan fingerprint density at radius 1 is 1.24 bits per heavy atom. The summed E-state index contributed by atoms with van der Waals surface area (Å²) in [6.45, 7) is 4.39. The lowest BCUT2D eigenvalue weighted by Gasteiger charge is -2.31. The number of fused-ring (bicyclic) bond motifs is 5. The number of rotatable bonds is 6. The van der Waals surface area contributed by atoms with E-state index < -0.39 is 11.6 Å². The van der Waals surface area contributed by atoms with Gasteiger partial charge in [0.1, 0.15) is 6.61 Å². The van der Waals surface area contributed by atoms with E-state index in [4.69, 9.17) is 9.72 Å². The number of cyclic esters (lactones) is 1. The molecule has 33 heavy (non-hydrogen) atoms. The summed E-state index contributed by atoms with van der Waals surface area (Å²) in [5.41, 5.74) is 2.95. The van der Waals surface area contributed by atoms with Crippen molar-refractivity contribution in [3.8, 4) is 11.4 Å². The van der Waals surface area contributed by atoms with Gasteiger partial charge < -0.3 is 24.6 Å². The van der Waals surface area contributed by atoms with Crippen LogP contribution in [0.15, 0.2) is 35.1 Å². The highest BCUT2D eigenvalue weighted by Gasteiger charge is 2.45. The molecule has 2 aromatic heterocycles. The van der Waals surface area contributed by atoms with Gasteiger partial charge in [-0.05, 0) is 38.2 Å². The van der Waals surface area contributed by atoms with Crippen molar-refractivity contribution in [1.29, 1.82) is 0 Å². The molecular formula is C25H28N4O4. The first-order valence-electron chi connectivity index (χ1n) is 11.3. The molecular weight excluding hydrogens is 420 g/mol. The van der Waals surface area contributed by atoms with Crippen molar-refractivity contribution in [2.75, 3.05) is 27.2 Å². The molecule has 0 saturated carbocycles. The lowest BCUT2D eigenvalue weighted by molar-refractivity contribution is -0.172. The van der Waals surface area contributed by atoms with Crippen LogP contribution < -0.4 is 10.9 Å². The van der Waals surface area contributed by atoms with E-state index in [1.165, 1.54) is 0 Å². The van der Waals surface area contributed by atoms with Crippen LogP contribution in [0.4, 0.5) is 0 Å². The number of ether oxygens (including phenoxy) is 1. The highest BCUT2D eigenvalue weighted by atomic mass is 16.6. The molecule has 0 saturated heterocycles. The van der Waals surface area contributed by atoms with Crippen molar-refractivity contribution in [3.05, 3.63) is 62.9 Å². The molecule has 0 spiro atoms. The zero-order valence-corrected chi connectivity index (χ0v) is 19.1. The van der Waals surface area contributed by atoms with Crippen LogP contribution in [-0.4, -0.2) is 52.7 Å². The van der Waals surface area contributed by atoms with Gasteiger partial charge in [-0.3, -0.25) is 4.79 Å². The van der Waals surface area contributed by atoms with Crippen LogP contribution in [0.2, 0.25) is 0 Å². The highest BCUT2D eigenvalue weighted by Crippen LogP contribution is 2.40. The first-order chi connectivity index (χ1) is 15.8. The Bertz CT molecular complexity index is 1330. The van der Waals surface area contributed by atoms with Crippen LogP contribution in [0.25, 0.3) is 22.3 Å². The Hall–Kier alpha value is -3.07. The first kappa shape index (κ1) is 21.8. The molecule has 1 aromatic carbocycles. The normalized spacial score (nSPS) is 18.9. The van der Waals surface area contributed by atoms with Crippen LogP contribution >= 0.6 is 0 Å². The van der Waals surface area contributed by atoms with E-state index in [9.17, 15) is 14.7 Å². The van der Waals surface area contributed by atoms with Gasteiger partial charge in [0.15, 0.2) is 5.60 Å². The van der Waals surface area contributed by atoms with Gasteiger partial charge in [0, 0.05) is 36.1 Å². The fraction of sp³-hybridized carbons (Fsp3) is 0.400. The first-order valence-corrected chi connectivity index (χ1v) is 11.3. The largest absolute Gasteiger partial charge is 0.458 e. The highest BCUT2D eigenvalue weighted by molar-refractivity contribution is 5.89. The number of benzene rings is 1. The number of aromatic nitrogens is 2. The molecule has 0 amide bonds. The van der Waals surface area contributed by atoms with E-state index in [2.05, 4.69) is 16.3 Å². The number of pyridine rings is 2. The number of nitrogens with one attached hydrogen (secondary N) is 1. The second-order valence-electron chi connectivity index (χ2n) is 9.02. The number of para-hydroxylation sites is 1. The fourth-order valence-electron chi connectivity index (χ4n) is 4.83. The second-order valence-corrected chi connectivity index (χ2v) is 9.02. The molecule has 0 bridgehead atoms. The third kappa shape index (κ3) is 3.37. The van der Waals surface area contributed by atoms with Crippen LogP contribution in [0.1, 0.15) is 35.6 Å². The Morgan fingerprint density at radius 3 is 2.79 bits per heavy atom. The molecule has 4 heterocycles. The quantitative estimate of drug-likeness (QED) is 0.343. The van der Waals surface area contributed by atoms with Crippen molar-refractivity contribution in [2.45, 2.75) is 38.6 Å². The third-order valence-corrected chi connectivity index (χ3v) is 6.75. The Balaban J connectivity index is 1.67. The average molecular weight is 449 g/mol. The van der Waals surface area contributed by atoms with Crippen LogP contribution in [0.3, 0.4) is 0 Å². The lowest BCUT2D eigenvalue weighted by Crippen LogP contribution is -2.44. The molecule has 2 N–H and O–H groups in total. The summed E-state index contributed by atoms with van der Waals surface area (Å²) >= 11 is 0. The van der Waals surface area contributed by atoms with E-state index in [0.29, 0.717) is 29.9 Å². The second kappa shape index (κ2) is 8.06. The van der Waals surface area contributed by atoms with Crippen LogP contribution in [-0.2, 0) is 34.8 Å². The van der Waals surface area contributed by atoms with Crippen molar-refractivity contribution >= 4 is 16.9 Å². The SMILES string of the molecule is CC[C@@]1(O)C(=O)OCc2c1cc1n(c2=O)Cc2c-1nc1ccccc1c2CNCCN(C)C. The molecule has 3 aromatic rings. The average Bonchev–Trinajstić information content (AvgIpc) is 3.17. The molecule has 0 unspecified atom stereocenters. The predicted molar refractivity (Wildman–Crippen MR) is 125 cm³/mol. The predicted octanol–water partition coefficient (Wildman–Crippen LogP) is 1.73. The minimum absolute atomic E-state index is 0.125. The smallest absolute Gasteiger partial charge is 0.343 e. The molecule has 5 rings (SSSR count). The summed E-state index contributed by atoms with van der Waals surface area (Å²) in [5.74, 6) is -0.711. The number of likely N-dealkylation sites (N-methyl/N-ethyl adjacent to an activating group) is 1. The molecule has 0 aliphatic carbocycles. The minimum Gasteiger partial charge on any atom is -0.458 e. The van der Waals surface area contributed by atoms with Crippen LogP contribution in [0, 0.1) is 0 Å². The van der Waals surface area contributed by atoms with E-state index in [-0.39, 0.29) is 18.6 Å². The zero-order chi connectivity index (χ0) is 23.3. The number of aliphatic hydroxyl groups is 1. The molecule has 1 atom stereocenters. The molecule has 172 valence electrons. The van der Waals surface area contributed by atoms with E-state index in [1.54, 1.807) is 17.6 Å². The summed E-state index contributed by atoms with van der Waals surface area (Å²) in [6, 6.07) is 9.74. The van der Waals surface area contributed by atoms with Gasteiger partial charge in [0.2, 0.25) is 0 Å². The molecule has 2 aliphatic heterocycles. The number of nitrogens with zero attached hydrogens (tertiary/aromatic N) is 3. The van der Waals surface area contributed by atoms with Crippen molar-refractivity contribution < 1.29 is 14.6 Å². The summed E-state index contributed by atoms with van der Waals surface area (Å²) in [7, 11) is 4.08. The van der Waals surface area contributed by atoms with Crippen molar-refractivity contribution in [3.63, 3.8) is 0 Å². The van der Waals surface area contributed by atoms with E-state index in [0.717, 1.165) is 40.8 Å². The molecule has 2 aliphatic rings. The van der Waals surface area contributed by atoms with E-state index >= 15 is 0 Å². The molecule has 0 fully saturated rings. The summed E-state index contributed by atoms with van der Waals surface area (Å²) in [6.07, 6.45) is 0.126. The fourth-order valence-corrected chi connectivity index (χ4v) is 4.83. The van der Waals surface area contributed by atoms with Gasteiger partial charge in [0.25, 0.3) is 5.56 Å². The number of carbonyl (C=O) groups excluding carboxylic acids is 1. The minimum atomic E-state index is -1.82. The van der Waals surface area contributed by atoms with Crippen LogP contribution in [0.5, 0.6) is 0 Å². The lowest BCUT2D eigenvalue weighted by atomic mass is 9.86. The van der Waals surface area contributed by atoms with Crippen molar-refractivity contribution in [1.82, 2.24) is 19.8 Å². The summed E-state index contributed by atoms with van der Waals surface area (Å²) < 4.78 is 6.86. The molecule has 8 nitrogen and oxygen atoms in total. The maximum Gasteiger partial charge on any atom is 0.343 e. The van der Waals surface area contributed by atoms with Gasteiger partial charge in [-0.25, -0.2) is 9.78 Å². The maximum atomic E-state index is 13.4. The Kier molecular flexibility index (Phi) is 5.31.